The monoisotopic (exact) mass is 394 g/mol. The van der Waals surface area contributed by atoms with E-state index in [2.05, 4.69) is 56.3 Å². The molecule has 29 heavy (non-hydrogen) atoms. The summed E-state index contributed by atoms with van der Waals surface area (Å²) in [6.45, 7) is 5.32. The first-order valence-corrected chi connectivity index (χ1v) is 12.4. The van der Waals surface area contributed by atoms with E-state index in [1.165, 1.54) is 81.8 Å². The van der Waals surface area contributed by atoms with Gasteiger partial charge in [0, 0.05) is 0 Å². The van der Waals surface area contributed by atoms with Gasteiger partial charge in [-0.2, -0.15) is 0 Å². The molecule has 0 spiro atoms. The lowest BCUT2D eigenvalue weighted by Crippen LogP contribution is -2.21. The number of benzene rings is 1. The average molecular weight is 395 g/mol. The maximum atomic E-state index is 5.79. The molecule has 0 bridgehead atoms. The van der Waals surface area contributed by atoms with Crippen molar-refractivity contribution in [2.45, 2.75) is 90.9 Å². The molecule has 1 aromatic rings. The van der Waals surface area contributed by atoms with Gasteiger partial charge in [-0.1, -0.05) is 95.6 Å². The van der Waals surface area contributed by atoms with Crippen LogP contribution in [0.3, 0.4) is 0 Å². The molecule has 1 unspecified atom stereocenters. The lowest BCUT2D eigenvalue weighted by molar-refractivity contribution is 0.218. The fraction of sp³-hybridized carbons (Fsp3) is 0.643. The van der Waals surface area contributed by atoms with Crippen molar-refractivity contribution in [1.82, 2.24) is 0 Å². The predicted molar refractivity (Wildman–Crippen MR) is 126 cm³/mol. The summed E-state index contributed by atoms with van der Waals surface area (Å²) in [6, 6.07) is 8.66. The molecule has 0 saturated heterocycles. The Balaban J connectivity index is 1.41. The van der Waals surface area contributed by atoms with Gasteiger partial charge in [-0.25, -0.2) is 0 Å². The molecule has 2 aliphatic rings. The van der Waals surface area contributed by atoms with Gasteiger partial charge in [0.25, 0.3) is 0 Å². The minimum absolute atomic E-state index is 0.761. The van der Waals surface area contributed by atoms with Crippen molar-refractivity contribution in [2.24, 2.45) is 17.8 Å². The van der Waals surface area contributed by atoms with E-state index in [0.29, 0.717) is 0 Å². The van der Waals surface area contributed by atoms with Crippen molar-refractivity contribution < 1.29 is 4.74 Å². The Labute approximate surface area is 179 Å². The lowest BCUT2D eigenvalue weighted by atomic mass is 9.72. The highest BCUT2D eigenvalue weighted by Crippen LogP contribution is 2.39. The van der Waals surface area contributed by atoms with Crippen LogP contribution in [0.2, 0.25) is 0 Å². The van der Waals surface area contributed by atoms with Gasteiger partial charge in [0.05, 0.1) is 6.61 Å². The molecule has 2 aliphatic carbocycles. The standard InChI is InChI=1S/C28H42O/c1-3-5-7-8-9-23-10-12-24(13-11-23)25-14-16-26(17-15-25)27-18-20-28(21-19-27)29-22-6-4-2/h14,16-21,23-25H,3-13,15,22H2,1-2H3/t23-,24-,25?. The van der Waals surface area contributed by atoms with Crippen molar-refractivity contribution in [2.75, 3.05) is 6.61 Å². The topological polar surface area (TPSA) is 9.23 Å². The number of allylic oxidation sites excluding steroid dienone is 4. The molecule has 0 amide bonds. The van der Waals surface area contributed by atoms with Crippen molar-refractivity contribution >= 4 is 5.57 Å². The zero-order valence-electron chi connectivity index (χ0n) is 18.9. The lowest BCUT2D eigenvalue weighted by Gasteiger charge is -2.33. The maximum Gasteiger partial charge on any atom is 0.119 e. The Morgan fingerprint density at radius 1 is 0.862 bits per heavy atom. The van der Waals surface area contributed by atoms with Gasteiger partial charge < -0.3 is 4.74 Å². The van der Waals surface area contributed by atoms with Gasteiger partial charge in [0.1, 0.15) is 5.75 Å². The quantitative estimate of drug-likeness (QED) is 0.341. The van der Waals surface area contributed by atoms with Gasteiger partial charge in [-0.3, -0.25) is 0 Å². The Bertz CT molecular complexity index is 631. The number of ether oxygens (including phenoxy) is 1. The van der Waals surface area contributed by atoms with Crippen LogP contribution in [0, 0.1) is 17.8 Å². The number of unbranched alkanes of at least 4 members (excludes halogenated alkanes) is 4. The second-order valence-corrected chi connectivity index (χ2v) is 9.27. The molecule has 1 fully saturated rings. The van der Waals surface area contributed by atoms with Gasteiger partial charge in [0.15, 0.2) is 0 Å². The first-order valence-electron chi connectivity index (χ1n) is 12.4. The van der Waals surface area contributed by atoms with Crippen molar-refractivity contribution in [1.29, 1.82) is 0 Å². The molecule has 0 radical (unpaired) electrons. The van der Waals surface area contributed by atoms with E-state index in [1.54, 1.807) is 0 Å². The van der Waals surface area contributed by atoms with Crippen LogP contribution in [0.25, 0.3) is 5.57 Å². The molecule has 1 heteroatoms. The second-order valence-electron chi connectivity index (χ2n) is 9.27. The summed E-state index contributed by atoms with van der Waals surface area (Å²) in [4.78, 5) is 0. The second kappa shape index (κ2) is 12.3. The fourth-order valence-corrected chi connectivity index (χ4v) is 5.04. The zero-order valence-corrected chi connectivity index (χ0v) is 18.9. The molecule has 1 atom stereocenters. The summed E-state index contributed by atoms with van der Waals surface area (Å²) < 4.78 is 5.79. The minimum Gasteiger partial charge on any atom is -0.494 e. The fourth-order valence-electron chi connectivity index (χ4n) is 5.04. The van der Waals surface area contributed by atoms with E-state index in [9.17, 15) is 0 Å². The number of hydrogen-bond acceptors (Lipinski definition) is 1. The molecular weight excluding hydrogens is 352 g/mol. The van der Waals surface area contributed by atoms with E-state index in [-0.39, 0.29) is 0 Å². The van der Waals surface area contributed by atoms with Gasteiger partial charge in [-0.15, -0.1) is 0 Å². The number of rotatable bonds is 11. The van der Waals surface area contributed by atoms with Gasteiger partial charge >= 0.3 is 0 Å². The Hall–Kier alpha value is -1.50. The van der Waals surface area contributed by atoms with Crippen LogP contribution in [0.15, 0.2) is 42.5 Å². The Kier molecular flexibility index (Phi) is 9.38. The van der Waals surface area contributed by atoms with Gasteiger partial charge in [0.2, 0.25) is 0 Å². The molecule has 1 nitrogen and oxygen atoms in total. The normalized spacial score (nSPS) is 24.3. The van der Waals surface area contributed by atoms with Crippen LogP contribution < -0.4 is 4.74 Å². The highest BCUT2D eigenvalue weighted by Gasteiger charge is 2.26. The molecule has 160 valence electrons. The van der Waals surface area contributed by atoms with E-state index < -0.39 is 0 Å². The third-order valence-electron chi connectivity index (χ3n) is 7.05. The third kappa shape index (κ3) is 7.05. The maximum absolute atomic E-state index is 5.79. The molecule has 0 heterocycles. The van der Waals surface area contributed by atoms with E-state index >= 15 is 0 Å². The SMILES string of the molecule is CCCCCC[C@H]1CC[C@H](C2C=CC(c3ccc(OCCCC)cc3)=CC2)CC1. The van der Waals surface area contributed by atoms with Crippen LogP contribution in [0.4, 0.5) is 0 Å². The largest absolute Gasteiger partial charge is 0.494 e. The van der Waals surface area contributed by atoms with Crippen LogP contribution in [0.1, 0.15) is 96.5 Å². The van der Waals surface area contributed by atoms with E-state index in [0.717, 1.165) is 36.5 Å². The summed E-state index contributed by atoms with van der Waals surface area (Å²) >= 11 is 0. The third-order valence-corrected chi connectivity index (χ3v) is 7.05. The predicted octanol–water partition coefficient (Wildman–Crippen LogP) is 8.60. The first kappa shape index (κ1) is 22.2. The molecule has 0 aliphatic heterocycles. The minimum atomic E-state index is 0.761. The summed E-state index contributed by atoms with van der Waals surface area (Å²) in [7, 11) is 0. The number of hydrogen-bond donors (Lipinski definition) is 0. The van der Waals surface area contributed by atoms with E-state index in [1.807, 2.05) is 0 Å². The van der Waals surface area contributed by atoms with Crippen molar-refractivity contribution in [3.8, 4) is 5.75 Å². The van der Waals surface area contributed by atoms with Gasteiger partial charge in [-0.05, 0) is 66.7 Å². The Morgan fingerprint density at radius 2 is 1.62 bits per heavy atom. The highest BCUT2D eigenvalue weighted by molar-refractivity contribution is 5.75. The van der Waals surface area contributed by atoms with Crippen molar-refractivity contribution in [3.63, 3.8) is 0 Å². The summed E-state index contributed by atoms with van der Waals surface area (Å²) in [6.07, 6.45) is 23.9. The molecule has 1 aromatic carbocycles. The first-order chi connectivity index (χ1) is 14.3. The van der Waals surface area contributed by atoms with Crippen molar-refractivity contribution in [3.05, 3.63) is 48.1 Å². The van der Waals surface area contributed by atoms with Crippen LogP contribution in [-0.2, 0) is 0 Å². The van der Waals surface area contributed by atoms with Crippen LogP contribution >= 0.6 is 0 Å². The smallest absolute Gasteiger partial charge is 0.119 e. The zero-order chi connectivity index (χ0) is 20.3. The summed E-state index contributed by atoms with van der Waals surface area (Å²) in [5, 5.41) is 0. The van der Waals surface area contributed by atoms with Crippen LogP contribution in [0.5, 0.6) is 5.75 Å². The van der Waals surface area contributed by atoms with Crippen LogP contribution in [-0.4, -0.2) is 6.61 Å². The molecule has 1 saturated carbocycles. The average Bonchev–Trinajstić information content (AvgIpc) is 2.78. The molecule has 3 rings (SSSR count). The highest BCUT2D eigenvalue weighted by atomic mass is 16.5. The summed E-state index contributed by atoms with van der Waals surface area (Å²) in [5.74, 6) is 3.67. The Morgan fingerprint density at radius 3 is 2.28 bits per heavy atom. The molecule has 0 N–H and O–H groups in total. The summed E-state index contributed by atoms with van der Waals surface area (Å²) in [5.41, 5.74) is 2.70. The van der Waals surface area contributed by atoms with E-state index in [4.69, 9.17) is 4.74 Å². The molecular formula is C28H42O. The molecule has 0 aromatic heterocycles.